The van der Waals surface area contributed by atoms with E-state index in [2.05, 4.69) is 5.32 Å². The summed E-state index contributed by atoms with van der Waals surface area (Å²) in [6.45, 7) is -1.60. The number of hydrogen-bond acceptors (Lipinski definition) is 5. The van der Waals surface area contributed by atoms with Crippen molar-refractivity contribution in [3.8, 4) is 0 Å². The van der Waals surface area contributed by atoms with Crippen molar-refractivity contribution in [2.45, 2.75) is 6.92 Å². The number of amides is 1. The Kier molecular flexibility index (Phi) is 5.92. The van der Waals surface area contributed by atoms with E-state index in [0.29, 0.717) is 0 Å². The minimum atomic E-state index is -3.14. The molecule has 0 aromatic rings. The van der Waals surface area contributed by atoms with E-state index >= 15 is 0 Å². The van der Waals surface area contributed by atoms with Crippen molar-refractivity contribution in [3.05, 3.63) is 11.8 Å². The van der Waals surface area contributed by atoms with E-state index in [-0.39, 0.29) is 11.7 Å². The van der Waals surface area contributed by atoms with E-state index in [9.17, 15) is 9.36 Å². The summed E-state index contributed by atoms with van der Waals surface area (Å²) in [4.78, 5) is 10.9. The normalized spacial score (nSPS) is 15.9. The maximum atomic E-state index is 11.6. The molecule has 7 heteroatoms. The van der Waals surface area contributed by atoms with Gasteiger partial charge in [-0.05, 0) is 24.6 Å². The smallest absolute Gasteiger partial charge is 0.422 e. The summed E-state index contributed by atoms with van der Waals surface area (Å²) in [6, 6.07) is 0. The molecule has 0 saturated carbocycles. The van der Waals surface area contributed by atoms with Crippen LogP contribution in [0.2, 0.25) is 0 Å². The van der Waals surface area contributed by atoms with E-state index in [0.717, 1.165) is 11.4 Å². The molecule has 0 bridgehead atoms. The van der Waals surface area contributed by atoms with Crippen molar-refractivity contribution in [2.75, 3.05) is 20.4 Å². The summed E-state index contributed by atoms with van der Waals surface area (Å²) in [6.07, 6.45) is 2.82. The molecule has 82 valence electrons. The molecule has 0 aliphatic carbocycles. The van der Waals surface area contributed by atoms with Gasteiger partial charge in [-0.3, -0.25) is 9.32 Å². The summed E-state index contributed by atoms with van der Waals surface area (Å²) in [5.41, 5.74) is 0. The molecule has 0 spiro atoms. The SMILES string of the molecule is CNC(=O)/C=C(\C)OP(=O)(OC)SC. The second kappa shape index (κ2) is 6.11. The van der Waals surface area contributed by atoms with Gasteiger partial charge in [0.1, 0.15) is 5.76 Å². The zero-order chi connectivity index (χ0) is 11.2. The molecule has 5 nitrogen and oxygen atoms in total. The topological polar surface area (TPSA) is 64.6 Å². The van der Waals surface area contributed by atoms with Crippen LogP contribution in [0.5, 0.6) is 0 Å². The maximum absolute atomic E-state index is 11.6. The van der Waals surface area contributed by atoms with Crippen LogP contribution in [-0.4, -0.2) is 26.3 Å². The van der Waals surface area contributed by atoms with Gasteiger partial charge in [-0.15, -0.1) is 0 Å². The molecule has 14 heavy (non-hydrogen) atoms. The quantitative estimate of drug-likeness (QED) is 0.450. The highest BCUT2D eigenvalue weighted by molar-refractivity contribution is 8.54. The third-order valence-corrected chi connectivity index (χ3v) is 4.70. The van der Waals surface area contributed by atoms with Gasteiger partial charge in [0.2, 0.25) is 5.91 Å². The predicted octanol–water partition coefficient (Wildman–Crippen LogP) is 1.77. The minimum absolute atomic E-state index is 0.254. The Labute approximate surface area is 87.5 Å². The Bertz CT molecular complexity index is 271. The average molecular weight is 239 g/mol. The number of allylic oxidation sites excluding steroid dienone is 1. The van der Waals surface area contributed by atoms with Gasteiger partial charge < -0.3 is 9.84 Å². The monoisotopic (exact) mass is 239 g/mol. The Morgan fingerprint density at radius 2 is 2.14 bits per heavy atom. The second-order valence-electron chi connectivity index (χ2n) is 2.27. The zero-order valence-corrected chi connectivity index (χ0v) is 10.3. The van der Waals surface area contributed by atoms with Crippen LogP contribution in [0, 0.1) is 0 Å². The summed E-state index contributed by atoms with van der Waals surface area (Å²) in [7, 11) is 2.79. The average Bonchev–Trinajstić information content (AvgIpc) is 2.17. The Hall–Kier alpha value is -0.450. The number of rotatable bonds is 5. The molecule has 0 aromatic carbocycles. The highest BCUT2D eigenvalue weighted by Crippen LogP contribution is 2.59. The van der Waals surface area contributed by atoms with E-state index in [1.165, 1.54) is 27.2 Å². The van der Waals surface area contributed by atoms with E-state index in [1.807, 2.05) is 0 Å². The Morgan fingerprint density at radius 1 is 1.57 bits per heavy atom. The van der Waals surface area contributed by atoms with Gasteiger partial charge in [0.25, 0.3) is 0 Å². The standard InChI is InChI=1S/C7H14NO4PS/c1-6(5-7(9)8-2)12-13(10,11-3)14-4/h5H,1-4H3,(H,8,9)/b6-5+. The first-order valence-corrected chi connectivity index (χ1v) is 7.15. The second-order valence-corrected chi connectivity index (χ2v) is 6.52. The number of carbonyl (C=O) groups excluding carboxylic acids is 1. The Morgan fingerprint density at radius 3 is 2.50 bits per heavy atom. The first-order valence-electron chi connectivity index (χ1n) is 3.78. The molecular formula is C7H14NO4PS. The highest BCUT2D eigenvalue weighted by Gasteiger charge is 2.22. The molecule has 0 saturated heterocycles. The number of hydrogen-bond donors (Lipinski definition) is 1. The molecule has 0 rings (SSSR count). The number of nitrogens with one attached hydrogen (secondary N) is 1. The molecule has 0 radical (unpaired) electrons. The Balaban J connectivity index is 4.44. The molecule has 1 atom stereocenters. The van der Waals surface area contributed by atoms with Crippen LogP contribution in [0.4, 0.5) is 0 Å². The highest BCUT2D eigenvalue weighted by atomic mass is 32.7. The van der Waals surface area contributed by atoms with Crippen LogP contribution in [0.3, 0.4) is 0 Å². The van der Waals surface area contributed by atoms with Crippen molar-refractivity contribution in [1.82, 2.24) is 5.32 Å². The molecule has 0 fully saturated rings. The van der Waals surface area contributed by atoms with Gasteiger partial charge in [0, 0.05) is 20.2 Å². The fourth-order valence-corrected chi connectivity index (χ4v) is 2.34. The van der Waals surface area contributed by atoms with Gasteiger partial charge in [-0.25, -0.2) is 4.57 Å². The van der Waals surface area contributed by atoms with Crippen LogP contribution in [-0.2, 0) is 18.4 Å². The van der Waals surface area contributed by atoms with Gasteiger partial charge in [0.15, 0.2) is 0 Å². The largest absolute Gasteiger partial charge is 0.439 e. The lowest BCUT2D eigenvalue weighted by atomic mass is 10.5. The fourth-order valence-electron chi connectivity index (χ4n) is 0.609. The summed E-state index contributed by atoms with van der Waals surface area (Å²) >= 11 is 0.974. The number of carbonyl (C=O) groups is 1. The third-order valence-electron chi connectivity index (χ3n) is 1.28. The van der Waals surface area contributed by atoms with Crippen molar-refractivity contribution >= 4 is 24.1 Å². The maximum Gasteiger partial charge on any atom is 0.439 e. The van der Waals surface area contributed by atoms with Crippen molar-refractivity contribution in [1.29, 1.82) is 0 Å². The van der Waals surface area contributed by atoms with Gasteiger partial charge in [-0.1, -0.05) is 0 Å². The van der Waals surface area contributed by atoms with Crippen LogP contribution < -0.4 is 5.32 Å². The van der Waals surface area contributed by atoms with Crippen LogP contribution in [0.25, 0.3) is 0 Å². The lowest BCUT2D eigenvalue weighted by molar-refractivity contribution is -0.116. The lowest BCUT2D eigenvalue weighted by Gasteiger charge is -2.14. The molecular weight excluding hydrogens is 225 g/mol. The summed E-state index contributed by atoms with van der Waals surface area (Å²) in [5.74, 6) is -0.0601. The van der Waals surface area contributed by atoms with Crippen molar-refractivity contribution < 1.29 is 18.4 Å². The first-order chi connectivity index (χ1) is 6.47. The van der Waals surface area contributed by atoms with E-state index < -0.39 is 6.80 Å². The molecule has 1 N–H and O–H groups in total. The van der Waals surface area contributed by atoms with Crippen LogP contribution in [0.15, 0.2) is 11.8 Å². The van der Waals surface area contributed by atoms with Gasteiger partial charge >= 0.3 is 6.80 Å². The predicted molar refractivity (Wildman–Crippen MR) is 57.0 cm³/mol. The van der Waals surface area contributed by atoms with E-state index in [4.69, 9.17) is 9.05 Å². The zero-order valence-electron chi connectivity index (χ0n) is 8.57. The van der Waals surface area contributed by atoms with Gasteiger partial charge in [-0.2, -0.15) is 0 Å². The van der Waals surface area contributed by atoms with Crippen LogP contribution in [0.1, 0.15) is 6.92 Å². The summed E-state index contributed by atoms with van der Waals surface area (Å²) in [5, 5.41) is 2.39. The molecule has 1 unspecified atom stereocenters. The molecule has 0 aromatic heterocycles. The minimum Gasteiger partial charge on any atom is -0.422 e. The van der Waals surface area contributed by atoms with Gasteiger partial charge in [0.05, 0.1) is 0 Å². The molecule has 0 heterocycles. The van der Waals surface area contributed by atoms with Crippen molar-refractivity contribution in [3.63, 3.8) is 0 Å². The van der Waals surface area contributed by atoms with Crippen molar-refractivity contribution in [2.24, 2.45) is 0 Å². The third kappa shape index (κ3) is 4.69. The fraction of sp³-hybridized carbons (Fsp3) is 0.571. The molecule has 0 aliphatic rings. The van der Waals surface area contributed by atoms with Crippen LogP contribution >= 0.6 is 18.2 Å². The molecule has 1 amide bonds. The first kappa shape index (κ1) is 13.5. The molecule has 0 aliphatic heterocycles. The summed E-state index contributed by atoms with van der Waals surface area (Å²) < 4.78 is 21.3. The lowest BCUT2D eigenvalue weighted by Crippen LogP contribution is -2.15. The number of likely N-dealkylation sites (N-methyl/N-ethyl adjacent to an activating group) is 1. The van der Waals surface area contributed by atoms with E-state index in [1.54, 1.807) is 6.26 Å².